The van der Waals surface area contributed by atoms with E-state index in [2.05, 4.69) is 65.7 Å². The Morgan fingerprint density at radius 2 is 2.11 bits per heavy atom. The molecule has 1 aromatic rings. The second kappa shape index (κ2) is 3.92. The maximum absolute atomic E-state index is 6.16. The van der Waals surface area contributed by atoms with Crippen molar-refractivity contribution in [2.24, 2.45) is 0 Å². The molecule has 3 nitrogen and oxygen atoms in total. The number of hydrogen-bond acceptors (Lipinski definition) is 3. The quantitative estimate of drug-likeness (QED) is 0.764. The van der Waals surface area contributed by atoms with Gasteiger partial charge in [-0.3, -0.25) is 0 Å². The molecule has 2 aliphatic heterocycles. The van der Waals surface area contributed by atoms with Gasteiger partial charge in [-0.05, 0) is 12.1 Å². The topological polar surface area (TPSA) is 15.7 Å². The molecule has 3 heteroatoms. The van der Waals surface area contributed by atoms with Gasteiger partial charge in [0.2, 0.25) is 0 Å². The number of hydrogen-bond donors (Lipinski definition) is 0. The Hall–Kier alpha value is -2.16. The minimum absolute atomic E-state index is 0.110. The molecule has 0 fully saturated rings. The molecule has 0 bridgehead atoms. The van der Waals surface area contributed by atoms with E-state index in [0.29, 0.717) is 5.92 Å². The van der Waals surface area contributed by atoms with E-state index in [1.54, 1.807) is 0 Å². The molecule has 0 N–H and O–H groups in total. The Labute approximate surface area is 113 Å². The van der Waals surface area contributed by atoms with Crippen LogP contribution in [-0.2, 0) is 0 Å². The fourth-order valence-electron chi connectivity index (χ4n) is 3.01. The van der Waals surface area contributed by atoms with Gasteiger partial charge in [0.05, 0.1) is 12.4 Å². The summed E-state index contributed by atoms with van der Waals surface area (Å²) in [6.45, 7) is 0.891. The molecule has 0 saturated heterocycles. The number of allylic oxidation sites excluding steroid dienone is 2. The third-order valence-electron chi connectivity index (χ3n) is 3.94. The van der Waals surface area contributed by atoms with Crippen LogP contribution in [0.2, 0.25) is 0 Å². The number of para-hydroxylation sites is 1. The van der Waals surface area contributed by atoms with Crippen LogP contribution in [0.5, 0.6) is 5.75 Å². The van der Waals surface area contributed by atoms with Crippen molar-refractivity contribution < 1.29 is 4.74 Å². The Morgan fingerprint density at radius 3 is 2.95 bits per heavy atom. The van der Waals surface area contributed by atoms with Crippen LogP contribution < -0.4 is 4.74 Å². The van der Waals surface area contributed by atoms with Crippen LogP contribution in [-0.4, -0.2) is 29.6 Å². The van der Waals surface area contributed by atoms with Crippen molar-refractivity contribution in [2.45, 2.75) is 12.0 Å². The van der Waals surface area contributed by atoms with E-state index in [4.69, 9.17) is 4.74 Å². The van der Waals surface area contributed by atoms with Crippen molar-refractivity contribution in [3.05, 3.63) is 66.2 Å². The highest BCUT2D eigenvalue weighted by molar-refractivity contribution is 5.48. The average Bonchev–Trinajstić information content (AvgIpc) is 3.02. The summed E-state index contributed by atoms with van der Waals surface area (Å²) < 4.78 is 6.16. The summed E-state index contributed by atoms with van der Waals surface area (Å²) in [6.07, 6.45) is 10.9. The second-order valence-electron chi connectivity index (χ2n) is 5.24. The third-order valence-corrected chi connectivity index (χ3v) is 3.94. The molecule has 0 amide bonds. The van der Waals surface area contributed by atoms with Crippen molar-refractivity contribution in [1.29, 1.82) is 0 Å². The SMILES string of the molecule is CN1C=CN(C2=CC=CC3c4ccccc4OC23)C1. The number of rotatable bonds is 1. The number of nitrogens with zero attached hydrogens (tertiary/aromatic N) is 2. The predicted octanol–water partition coefficient (Wildman–Crippen LogP) is 2.66. The van der Waals surface area contributed by atoms with Crippen LogP contribution in [0.25, 0.3) is 0 Å². The third kappa shape index (κ3) is 1.58. The van der Waals surface area contributed by atoms with Gasteiger partial charge in [-0.1, -0.05) is 30.4 Å². The number of benzene rings is 1. The molecule has 4 rings (SSSR count). The highest BCUT2D eigenvalue weighted by Gasteiger charge is 2.38. The smallest absolute Gasteiger partial charge is 0.149 e. The lowest BCUT2D eigenvalue weighted by molar-refractivity contribution is 0.205. The highest BCUT2D eigenvalue weighted by Crippen LogP contribution is 2.44. The molecule has 96 valence electrons. The van der Waals surface area contributed by atoms with Gasteiger partial charge in [0.15, 0.2) is 0 Å². The number of ether oxygens (including phenoxy) is 1. The zero-order valence-corrected chi connectivity index (χ0v) is 10.9. The highest BCUT2D eigenvalue weighted by atomic mass is 16.5. The fraction of sp³-hybridized carbons (Fsp3) is 0.250. The average molecular weight is 252 g/mol. The summed E-state index contributed by atoms with van der Waals surface area (Å²) in [5.74, 6) is 1.36. The van der Waals surface area contributed by atoms with Gasteiger partial charge in [-0.15, -0.1) is 0 Å². The minimum Gasteiger partial charge on any atom is -0.483 e. The Morgan fingerprint density at radius 1 is 1.21 bits per heavy atom. The largest absolute Gasteiger partial charge is 0.483 e. The van der Waals surface area contributed by atoms with Crippen LogP contribution in [0.1, 0.15) is 11.5 Å². The van der Waals surface area contributed by atoms with Crippen molar-refractivity contribution >= 4 is 0 Å². The Bertz CT molecular complexity index is 603. The van der Waals surface area contributed by atoms with Gasteiger partial charge in [0, 0.05) is 30.9 Å². The molecule has 2 unspecified atom stereocenters. The molecular formula is C16H16N2O. The van der Waals surface area contributed by atoms with E-state index in [-0.39, 0.29) is 6.10 Å². The van der Waals surface area contributed by atoms with E-state index < -0.39 is 0 Å². The van der Waals surface area contributed by atoms with Crippen LogP contribution in [0.15, 0.2) is 60.6 Å². The van der Waals surface area contributed by atoms with Gasteiger partial charge in [0.25, 0.3) is 0 Å². The summed E-state index contributed by atoms with van der Waals surface area (Å²) in [5.41, 5.74) is 2.54. The lowest BCUT2D eigenvalue weighted by atomic mass is 9.90. The molecule has 1 aliphatic carbocycles. The molecule has 3 aliphatic rings. The Kier molecular flexibility index (Phi) is 2.21. The monoisotopic (exact) mass is 252 g/mol. The molecular weight excluding hydrogens is 236 g/mol. The van der Waals surface area contributed by atoms with Crippen LogP contribution in [0.3, 0.4) is 0 Å². The summed E-state index contributed by atoms with van der Waals surface area (Å²) in [7, 11) is 2.08. The first-order valence-corrected chi connectivity index (χ1v) is 6.62. The first-order valence-electron chi connectivity index (χ1n) is 6.62. The fourth-order valence-corrected chi connectivity index (χ4v) is 3.01. The zero-order valence-electron chi connectivity index (χ0n) is 10.9. The summed E-state index contributed by atoms with van der Waals surface area (Å²) in [4.78, 5) is 4.42. The van der Waals surface area contributed by atoms with Gasteiger partial charge in [0.1, 0.15) is 11.9 Å². The van der Waals surface area contributed by atoms with Crippen LogP contribution >= 0.6 is 0 Å². The maximum Gasteiger partial charge on any atom is 0.149 e. The van der Waals surface area contributed by atoms with Crippen molar-refractivity contribution in [3.8, 4) is 5.75 Å². The first kappa shape index (κ1) is 10.7. The van der Waals surface area contributed by atoms with Gasteiger partial charge in [-0.25, -0.2) is 0 Å². The lowest BCUT2D eigenvalue weighted by Crippen LogP contribution is -2.33. The zero-order chi connectivity index (χ0) is 12.8. The van der Waals surface area contributed by atoms with Crippen molar-refractivity contribution in [1.82, 2.24) is 9.80 Å². The minimum atomic E-state index is 0.110. The normalized spacial score (nSPS) is 27.1. The molecule has 0 saturated carbocycles. The molecule has 0 spiro atoms. The van der Waals surface area contributed by atoms with E-state index in [9.17, 15) is 0 Å². The molecule has 0 radical (unpaired) electrons. The van der Waals surface area contributed by atoms with Gasteiger partial charge >= 0.3 is 0 Å². The van der Waals surface area contributed by atoms with E-state index in [1.165, 1.54) is 11.3 Å². The summed E-state index contributed by atoms with van der Waals surface area (Å²) >= 11 is 0. The van der Waals surface area contributed by atoms with Crippen molar-refractivity contribution in [2.75, 3.05) is 13.7 Å². The van der Waals surface area contributed by atoms with E-state index >= 15 is 0 Å². The number of fused-ring (bicyclic) bond motifs is 3. The molecule has 2 heterocycles. The van der Waals surface area contributed by atoms with Crippen molar-refractivity contribution in [3.63, 3.8) is 0 Å². The molecule has 2 atom stereocenters. The maximum atomic E-state index is 6.16. The van der Waals surface area contributed by atoms with Crippen LogP contribution in [0.4, 0.5) is 0 Å². The Balaban J connectivity index is 1.69. The van der Waals surface area contributed by atoms with Gasteiger partial charge in [-0.2, -0.15) is 0 Å². The molecule has 0 aromatic heterocycles. The standard InChI is InChI=1S/C16H16N2O/c1-17-9-10-18(11-17)14-7-4-6-13-12-5-2-3-8-15(12)19-16(13)14/h2-10,13,16H,11H2,1H3. The second-order valence-corrected chi connectivity index (χ2v) is 5.24. The van der Waals surface area contributed by atoms with Gasteiger partial charge < -0.3 is 14.5 Å². The summed E-state index contributed by atoms with van der Waals surface area (Å²) in [5, 5.41) is 0. The van der Waals surface area contributed by atoms with E-state index in [1.807, 2.05) is 6.07 Å². The first-order chi connectivity index (χ1) is 9.33. The van der Waals surface area contributed by atoms with E-state index in [0.717, 1.165) is 12.4 Å². The predicted molar refractivity (Wildman–Crippen MR) is 74.4 cm³/mol. The lowest BCUT2D eigenvalue weighted by Gasteiger charge is -2.29. The summed E-state index contributed by atoms with van der Waals surface area (Å²) in [6, 6.07) is 8.34. The molecule has 19 heavy (non-hydrogen) atoms. The molecule has 1 aromatic carbocycles. The van der Waals surface area contributed by atoms with Crippen LogP contribution in [0, 0.1) is 0 Å².